The van der Waals surface area contributed by atoms with Crippen LogP contribution in [-0.4, -0.2) is 37.0 Å². The summed E-state index contributed by atoms with van der Waals surface area (Å²) in [5.41, 5.74) is 8.64. The molecule has 108 valence electrons. The average Bonchev–Trinajstić information content (AvgIpc) is 2.56. The second-order valence-corrected chi connectivity index (χ2v) is 5.12. The Morgan fingerprint density at radius 2 is 1.67 bits per heavy atom. The maximum atomic E-state index is 7.68. The van der Waals surface area contributed by atoms with Gasteiger partial charge in [-0.1, -0.05) is 18.2 Å². The van der Waals surface area contributed by atoms with Gasteiger partial charge in [-0.2, -0.15) is 0 Å². The number of aromatic nitrogens is 1. The molecule has 1 saturated heterocycles. The summed E-state index contributed by atoms with van der Waals surface area (Å²) in [6.07, 6.45) is 3.48. The van der Waals surface area contributed by atoms with Crippen molar-refractivity contribution in [3.05, 3.63) is 54.4 Å². The molecule has 0 amide bonds. The minimum absolute atomic E-state index is 0.0953. The van der Waals surface area contributed by atoms with Gasteiger partial charge in [-0.05, 0) is 18.2 Å². The number of pyridine rings is 1. The van der Waals surface area contributed by atoms with E-state index in [2.05, 4.69) is 39.0 Å². The Balaban J connectivity index is 1.73. The van der Waals surface area contributed by atoms with Crippen molar-refractivity contribution in [2.45, 2.75) is 0 Å². The number of rotatable bonds is 3. The first-order chi connectivity index (χ1) is 10.3. The van der Waals surface area contributed by atoms with E-state index < -0.39 is 0 Å². The van der Waals surface area contributed by atoms with E-state index >= 15 is 0 Å². The Kier molecular flexibility index (Phi) is 3.73. The smallest absolute Gasteiger partial charge is 0.125 e. The summed E-state index contributed by atoms with van der Waals surface area (Å²) in [5.74, 6) is 0.0953. The molecular weight excluding hydrogens is 262 g/mol. The van der Waals surface area contributed by atoms with Crippen molar-refractivity contribution in [1.29, 1.82) is 5.41 Å². The van der Waals surface area contributed by atoms with Gasteiger partial charge in [0.15, 0.2) is 0 Å². The van der Waals surface area contributed by atoms with E-state index in [0.717, 1.165) is 37.4 Å². The predicted molar refractivity (Wildman–Crippen MR) is 86.1 cm³/mol. The van der Waals surface area contributed by atoms with Crippen molar-refractivity contribution in [2.75, 3.05) is 36.0 Å². The minimum Gasteiger partial charge on any atom is -0.384 e. The second kappa shape index (κ2) is 5.83. The topological polar surface area (TPSA) is 69.2 Å². The summed E-state index contributed by atoms with van der Waals surface area (Å²) >= 11 is 0. The summed E-state index contributed by atoms with van der Waals surface area (Å²) in [4.78, 5) is 8.80. The van der Waals surface area contributed by atoms with Crippen molar-refractivity contribution >= 4 is 17.2 Å². The number of benzene rings is 1. The molecule has 3 N–H and O–H groups in total. The molecule has 2 heterocycles. The van der Waals surface area contributed by atoms with Crippen LogP contribution in [0.15, 0.2) is 48.8 Å². The Hall–Kier alpha value is -2.56. The number of anilines is 2. The highest BCUT2D eigenvalue weighted by Gasteiger charge is 2.20. The van der Waals surface area contributed by atoms with Crippen molar-refractivity contribution in [1.82, 2.24) is 4.98 Å². The second-order valence-electron chi connectivity index (χ2n) is 5.12. The number of nitrogens with two attached hydrogens (primary N) is 1. The molecule has 0 bridgehead atoms. The number of nitrogen functional groups attached to an aromatic ring is 1. The van der Waals surface area contributed by atoms with E-state index in [-0.39, 0.29) is 5.84 Å². The van der Waals surface area contributed by atoms with Crippen LogP contribution in [0, 0.1) is 5.41 Å². The normalized spacial score (nSPS) is 15.0. The van der Waals surface area contributed by atoms with E-state index in [1.165, 1.54) is 5.69 Å². The van der Waals surface area contributed by atoms with Crippen LogP contribution in [0.4, 0.5) is 11.4 Å². The fraction of sp³-hybridized carbons (Fsp3) is 0.250. The molecule has 0 aliphatic carbocycles. The Morgan fingerprint density at radius 3 is 2.33 bits per heavy atom. The summed E-state index contributed by atoms with van der Waals surface area (Å²) in [6.45, 7) is 3.72. The van der Waals surface area contributed by atoms with Gasteiger partial charge in [-0.25, -0.2) is 0 Å². The molecule has 0 unspecified atom stereocenters. The number of hydrogen-bond acceptors (Lipinski definition) is 4. The number of para-hydroxylation sites is 1. The summed E-state index contributed by atoms with van der Waals surface area (Å²) in [7, 11) is 0. The predicted octanol–water partition coefficient (Wildman–Crippen LogP) is 1.69. The molecular formula is C16H19N5. The van der Waals surface area contributed by atoms with Crippen molar-refractivity contribution < 1.29 is 0 Å². The highest BCUT2D eigenvalue weighted by molar-refractivity contribution is 6.00. The van der Waals surface area contributed by atoms with Crippen LogP contribution in [0.5, 0.6) is 0 Å². The molecule has 2 aromatic rings. The van der Waals surface area contributed by atoms with Gasteiger partial charge in [0.25, 0.3) is 0 Å². The van der Waals surface area contributed by atoms with E-state index in [1.807, 2.05) is 6.07 Å². The third-order valence-electron chi connectivity index (χ3n) is 3.83. The molecule has 1 fully saturated rings. The van der Waals surface area contributed by atoms with Gasteiger partial charge in [-0.15, -0.1) is 0 Å². The molecule has 21 heavy (non-hydrogen) atoms. The summed E-state index contributed by atoms with van der Waals surface area (Å²) < 4.78 is 0. The van der Waals surface area contributed by atoms with Gasteiger partial charge in [0.1, 0.15) is 5.84 Å². The fourth-order valence-electron chi connectivity index (χ4n) is 2.71. The van der Waals surface area contributed by atoms with Crippen molar-refractivity contribution in [3.8, 4) is 0 Å². The zero-order valence-electron chi connectivity index (χ0n) is 11.9. The van der Waals surface area contributed by atoms with Gasteiger partial charge in [0, 0.05) is 43.6 Å². The van der Waals surface area contributed by atoms with Gasteiger partial charge in [0.2, 0.25) is 0 Å². The first-order valence-electron chi connectivity index (χ1n) is 7.09. The summed E-state index contributed by atoms with van der Waals surface area (Å²) in [6, 6.07) is 12.3. The summed E-state index contributed by atoms with van der Waals surface area (Å²) in [5, 5.41) is 7.68. The molecule has 0 atom stereocenters. The van der Waals surface area contributed by atoms with Crippen LogP contribution < -0.4 is 15.5 Å². The van der Waals surface area contributed by atoms with Crippen molar-refractivity contribution in [2.24, 2.45) is 5.73 Å². The highest BCUT2D eigenvalue weighted by Crippen LogP contribution is 2.22. The molecule has 1 aromatic heterocycles. The van der Waals surface area contributed by atoms with Crippen LogP contribution in [0.3, 0.4) is 0 Å². The molecule has 0 saturated carbocycles. The zero-order chi connectivity index (χ0) is 14.7. The lowest BCUT2D eigenvalue weighted by Crippen LogP contribution is -2.47. The fourth-order valence-corrected chi connectivity index (χ4v) is 2.71. The largest absolute Gasteiger partial charge is 0.384 e. The minimum atomic E-state index is 0.0953. The molecule has 0 spiro atoms. The zero-order valence-corrected chi connectivity index (χ0v) is 11.9. The maximum absolute atomic E-state index is 7.68. The molecule has 3 rings (SSSR count). The monoisotopic (exact) mass is 281 g/mol. The first-order valence-corrected chi connectivity index (χ1v) is 7.09. The maximum Gasteiger partial charge on any atom is 0.125 e. The van der Waals surface area contributed by atoms with Crippen LogP contribution in [-0.2, 0) is 0 Å². The average molecular weight is 281 g/mol. The van der Waals surface area contributed by atoms with Crippen LogP contribution in [0.25, 0.3) is 0 Å². The van der Waals surface area contributed by atoms with E-state index in [9.17, 15) is 0 Å². The lowest BCUT2D eigenvalue weighted by Gasteiger charge is -2.37. The Morgan fingerprint density at radius 1 is 1.00 bits per heavy atom. The van der Waals surface area contributed by atoms with E-state index in [4.69, 9.17) is 11.1 Å². The molecule has 0 radical (unpaired) electrons. The Labute approximate surface area is 124 Å². The van der Waals surface area contributed by atoms with E-state index in [0.29, 0.717) is 0 Å². The number of nitrogens with one attached hydrogen (secondary N) is 1. The van der Waals surface area contributed by atoms with Gasteiger partial charge >= 0.3 is 0 Å². The van der Waals surface area contributed by atoms with Crippen LogP contribution in [0.1, 0.15) is 5.56 Å². The number of piperazine rings is 1. The number of amidine groups is 1. The molecule has 5 heteroatoms. The van der Waals surface area contributed by atoms with Crippen LogP contribution >= 0.6 is 0 Å². The third kappa shape index (κ3) is 2.81. The molecule has 1 aromatic carbocycles. The van der Waals surface area contributed by atoms with Crippen molar-refractivity contribution in [3.63, 3.8) is 0 Å². The molecule has 1 aliphatic heterocycles. The quantitative estimate of drug-likeness (QED) is 0.663. The third-order valence-corrected chi connectivity index (χ3v) is 3.83. The first kappa shape index (κ1) is 13.4. The van der Waals surface area contributed by atoms with Crippen LogP contribution in [0.2, 0.25) is 0 Å². The standard InChI is InChI=1S/C16H19N5/c17-16(18)14-6-7-19-12-15(14)21-10-8-20(9-11-21)13-4-2-1-3-5-13/h1-7,12H,8-11H2,(H3,17,18). The van der Waals surface area contributed by atoms with Gasteiger partial charge < -0.3 is 15.5 Å². The lowest BCUT2D eigenvalue weighted by molar-refractivity contribution is 0.652. The Bertz CT molecular complexity index is 618. The highest BCUT2D eigenvalue weighted by atomic mass is 15.3. The number of nitrogens with zero attached hydrogens (tertiary/aromatic N) is 3. The number of hydrogen-bond donors (Lipinski definition) is 2. The van der Waals surface area contributed by atoms with E-state index in [1.54, 1.807) is 18.5 Å². The van der Waals surface area contributed by atoms with Gasteiger partial charge in [-0.3, -0.25) is 10.4 Å². The van der Waals surface area contributed by atoms with Gasteiger partial charge in [0.05, 0.1) is 11.9 Å². The lowest BCUT2D eigenvalue weighted by atomic mass is 10.1. The molecule has 5 nitrogen and oxygen atoms in total. The molecule has 1 aliphatic rings. The SMILES string of the molecule is N=C(N)c1ccncc1N1CCN(c2ccccc2)CC1.